The van der Waals surface area contributed by atoms with Crippen LogP contribution in [0.4, 0.5) is 22.7 Å². The number of rotatable bonds is 11. The van der Waals surface area contributed by atoms with E-state index in [2.05, 4.69) is 255 Å². The maximum Gasteiger partial charge on any atom is 0.0463 e. The maximum absolute atomic E-state index is 3.79. The zero-order valence-electron chi connectivity index (χ0n) is 33.9. The predicted octanol–water partition coefficient (Wildman–Crippen LogP) is 16.0. The lowest BCUT2D eigenvalue weighted by Gasteiger charge is -2.17. The predicted molar refractivity (Wildman–Crippen MR) is 257 cm³/mol. The van der Waals surface area contributed by atoms with Gasteiger partial charge >= 0.3 is 0 Å². The summed E-state index contributed by atoms with van der Waals surface area (Å²) in [6, 6.07) is 80.2. The van der Waals surface area contributed by atoms with Crippen molar-refractivity contribution in [1.29, 1.82) is 0 Å². The number of para-hydroxylation sites is 2. The van der Waals surface area contributed by atoms with Gasteiger partial charge in [0.05, 0.1) is 0 Å². The molecule has 9 aromatic carbocycles. The minimum Gasteiger partial charge on any atom is -0.355 e. The molecule has 0 unspecified atom stereocenters. The minimum atomic E-state index is 1.03. The molecule has 9 rings (SSSR count). The highest BCUT2D eigenvalue weighted by atomic mass is 14.9. The third-order valence-corrected chi connectivity index (χ3v) is 11.1. The second-order valence-electron chi connectivity index (χ2n) is 15.3. The molecule has 0 spiro atoms. The first-order chi connectivity index (χ1) is 29.5. The van der Waals surface area contributed by atoms with Crippen LogP contribution in [0.15, 0.2) is 224 Å². The van der Waals surface area contributed by atoms with E-state index in [9.17, 15) is 0 Å². The zero-order chi connectivity index (χ0) is 40.7. The largest absolute Gasteiger partial charge is 0.355 e. The van der Waals surface area contributed by atoms with Gasteiger partial charge in [0, 0.05) is 33.9 Å². The number of hydrogen-bond acceptors (Lipinski definition) is 2. The lowest BCUT2D eigenvalue weighted by Crippen LogP contribution is -1.96. The van der Waals surface area contributed by atoms with Crippen molar-refractivity contribution in [2.45, 2.75) is 13.8 Å². The van der Waals surface area contributed by atoms with Gasteiger partial charge in [-0.3, -0.25) is 0 Å². The van der Waals surface area contributed by atoms with Crippen LogP contribution < -0.4 is 10.6 Å². The van der Waals surface area contributed by atoms with Crippen molar-refractivity contribution in [3.05, 3.63) is 252 Å². The summed E-state index contributed by atoms with van der Waals surface area (Å²) in [5.74, 6) is 0. The zero-order valence-corrected chi connectivity index (χ0v) is 33.9. The van der Waals surface area contributed by atoms with Crippen LogP contribution in [-0.4, -0.2) is 0 Å². The van der Waals surface area contributed by atoms with Gasteiger partial charge in [0.25, 0.3) is 0 Å². The summed E-state index contributed by atoms with van der Waals surface area (Å²) in [5, 5.41) is 7.49. The number of hydrogen-bond donors (Lipinski definition) is 2. The van der Waals surface area contributed by atoms with E-state index in [0.717, 1.165) is 50.6 Å². The molecule has 0 saturated carbocycles. The molecular formula is C58H46N2. The SMILES string of the molecule is Cc1ccc(-c2ccccc2Nc2ccc(-c3ccc(Nc4ccccc4-c4ccc(C)cc4)cc3-c3ccc(C=C(c4ccccc4)c4ccccc4)cc3)cc2)cc1. The van der Waals surface area contributed by atoms with Crippen molar-refractivity contribution < 1.29 is 0 Å². The van der Waals surface area contributed by atoms with Crippen molar-refractivity contribution in [3.8, 4) is 44.5 Å². The lowest BCUT2D eigenvalue weighted by molar-refractivity contribution is 1.46. The topological polar surface area (TPSA) is 24.1 Å². The fraction of sp³-hybridized carbons (Fsp3) is 0.0345. The molecule has 0 aliphatic carbocycles. The van der Waals surface area contributed by atoms with E-state index in [1.807, 2.05) is 0 Å². The van der Waals surface area contributed by atoms with Gasteiger partial charge in [-0.05, 0) is 112 Å². The molecule has 0 fully saturated rings. The average molecular weight is 771 g/mol. The second-order valence-corrected chi connectivity index (χ2v) is 15.3. The van der Waals surface area contributed by atoms with Crippen LogP contribution in [-0.2, 0) is 0 Å². The van der Waals surface area contributed by atoms with Gasteiger partial charge in [-0.2, -0.15) is 0 Å². The van der Waals surface area contributed by atoms with Crippen molar-refractivity contribution in [3.63, 3.8) is 0 Å². The molecule has 288 valence electrons. The van der Waals surface area contributed by atoms with E-state index in [0.29, 0.717) is 0 Å². The fourth-order valence-corrected chi connectivity index (χ4v) is 7.80. The summed E-state index contributed by atoms with van der Waals surface area (Å²) >= 11 is 0. The van der Waals surface area contributed by atoms with Crippen molar-refractivity contribution in [2.24, 2.45) is 0 Å². The Balaban J connectivity index is 1.07. The number of nitrogens with one attached hydrogen (secondary N) is 2. The average Bonchev–Trinajstić information content (AvgIpc) is 3.30. The summed E-state index contributed by atoms with van der Waals surface area (Å²) in [5.41, 5.74) is 20.8. The van der Waals surface area contributed by atoms with Crippen LogP contribution >= 0.6 is 0 Å². The maximum atomic E-state index is 3.79. The standard InChI is InChI=1S/C58H46N2/c1-41-21-27-47(28-22-41)53-17-9-11-19-57(53)59-50-35-33-46(34-36-50)52-38-37-51(60-58-20-12-10-18-54(58)48-29-23-42(2)24-30-48)40-56(52)49-31-25-43(26-32-49)39-55(44-13-5-3-6-14-44)45-15-7-4-8-16-45/h3-40,59-60H,1-2H3. The first kappa shape index (κ1) is 37.9. The summed E-state index contributed by atoms with van der Waals surface area (Å²) in [7, 11) is 0. The number of anilines is 4. The van der Waals surface area contributed by atoms with E-state index in [1.165, 1.54) is 50.1 Å². The number of aryl methyl sites for hydroxylation is 2. The van der Waals surface area contributed by atoms with Gasteiger partial charge in [-0.25, -0.2) is 0 Å². The van der Waals surface area contributed by atoms with E-state index in [-0.39, 0.29) is 0 Å². The molecule has 0 radical (unpaired) electrons. The second kappa shape index (κ2) is 17.4. The van der Waals surface area contributed by atoms with Gasteiger partial charge in [-0.15, -0.1) is 0 Å². The monoisotopic (exact) mass is 770 g/mol. The molecule has 2 heteroatoms. The van der Waals surface area contributed by atoms with Crippen molar-refractivity contribution in [2.75, 3.05) is 10.6 Å². The molecule has 0 aliphatic heterocycles. The molecular weight excluding hydrogens is 725 g/mol. The Morgan fingerprint density at radius 3 is 1.27 bits per heavy atom. The molecule has 0 aromatic heterocycles. The molecule has 0 amide bonds. The van der Waals surface area contributed by atoms with E-state index < -0.39 is 0 Å². The quantitative estimate of drug-likeness (QED) is 0.128. The molecule has 0 saturated heterocycles. The van der Waals surface area contributed by atoms with Gasteiger partial charge in [0.1, 0.15) is 0 Å². The minimum absolute atomic E-state index is 1.03. The van der Waals surface area contributed by atoms with Crippen LogP contribution in [0.5, 0.6) is 0 Å². The summed E-state index contributed by atoms with van der Waals surface area (Å²) in [4.78, 5) is 0. The Morgan fingerprint density at radius 2 is 0.733 bits per heavy atom. The number of benzene rings is 9. The summed E-state index contributed by atoms with van der Waals surface area (Å²) < 4.78 is 0. The first-order valence-electron chi connectivity index (χ1n) is 20.6. The van der Waals surface area contributed by atoms with Gasteiger partial charge in [0.2, 0.25) is 0 Å². The summed E-state index contributed by atoms with van der Waals surface area (Å²) in [6.45, 7) is 4.25. The van der Waals surface area contributed by atoms with Crippen LogP contribution in [0, 0.1) is 13.8 Å². The third-order valence-electron chi connectivity index (χ3n) is 11.1. The lowest BCUT2D eigenvalue weighted by atomic mass is 9.92. The Kier molecular flexibility index (Phi) is 11.0. The highest BCUT2D eigenvalue weighted by Gasteiger charge is 2.13. The highest BCUT2D eigenvalue weighted by Crippen LogP contribution is 2.39. The highest BCUT2D eigenvalue weighted by molar-refractivity contribution is 5.93. The molecule has 9 aromatic rings. The van der Waals surface area contributed by atoms with Crippen LogP contribution in [0.1, 0.15) is 27.8 Å². The molecule has 0 heterocycles. The van der Waals surface area contributed by atoms with Crippen molar-refractivity contribution >= 4 is 34.4 Å². The molecule has 0 atom stereocenters. The van der Waals surface area contributed by atoms with E-state index in [4.69, 9.17) is 0 Å². The first-order valence-corrected chi connectivity index (χ1v) is 20.6. The van der Waals surface area contributed by atoms with E-state index in [1.54, 1.807) is 0 Å². The van der Waals surface area contributed by atoms with Crippen LogP contribution in [0.25, 0.3) is 56.2 Å². The molecule has 2 N–H and O–H groups in total. The fourth-order valence-electron chi connectivity index (χ4n) is 7.80. The molecule has 2 nitrogen and oxygen atoms in total. The summed E-state index contributed by atoms with van der Waals surface area (Å²) in [6.07, 6.45) is 2.29. The van der Waals surface area contributed by atoms with E-state index >= 15 is 0 Å². The smallest absolute Gasteiger partial charge is 0.0463 e. The van der Waals surface area contributed by atoms with Gasteiger partial charge in [-0.1, -0.05) is 199 Å². The Morgan fingerprint density at radius 1 is 0.333 bits per heavy atom. The Bertz CT molecular complexity index is 2830. The normalized spacial score (nSPS) is 10.8. The van der Waals surface area contributed by atoms with Gasteiger partial charge < -0.3 is 10.6 Å². The van der Waals surface area contributed by atoms with Crippen molar-refractivity contribution in [1.82, 2.24) is 0 Å². The molecule has 0 aliphatic rings. The molecule has 60 heavy (non-hydrogen) atoms. The van der Waals surface area contributed by atoms with Gasteiger partial charge in [0.15, 0.2) is 0 Å². The third kappa shape index (κ3) is 8.60. The van der Waals surface area contributed by atoms with Crippen LogP contribution in [0.3, 0.4) is 0 Å². The Labute approximate surface area is 354 Å². The Hall–Kier alpha value is -7.68. The van der Waals surface area contributed by atoms with Crippen LogP contribution in [0.2, 0.25) is 0 Å². The molecule has 0 bridgehead atoms.